The van der Waals surface area contributed by atoms with E-state index in [4.69, 9.17) is 0 Å². The van der Waals surface area contributed by atoms with Crippen molar-refractivity contribution in [2.24, 2.45) is 10.9 Å². The molecule has 1 saturated heterocycles. The molecule has 1 aliphatic heterocycles. The first-order valence-corrected chi connectivity index (χ1v) is 11.1. The molecule has 2 aromatic carbocycles. The van der Waals surface area contributed by atoms with Crippen LogP contribution >= 0.6 is 24.0 Å². The van der Waals surface area contributed by atoms with Gasteiger partial charge in [0.1, 0.15) is 0 Å². The average Bonchev–Trinajstić information content (AvgIpc) is 3.17. The molecule has 6 nitrogen and oxygen atoms in total. The number of nitrogens with one attached hydrogen (secondary N) is 2. The summed E-state index contributed by atoms with van der Waals surface area (Å²) in [5, 5.41) is 6.81. The van der Waals surface area contributed by atoms with Gasteiger partial charge < -0.3 is 20.4 Å². The third-order valence-electron chi connectivity index (χ3n) is 5.98. The summed E-state index contributed by atoms with van der Waals surface area (Å²) in [4.78, 5) is 21.0. The second kappa shape index (κ2) is 13.3. The number of hydrogen-bond acceptors (Lipinski definition) is 3. The Morgan fingerprint density at radius 3 is 2.44 bits per heavy atom. The highest BCUT2D eigenvalue weighted by molar-refractivity contribution is 14.0. The first-order chi connectivity index (χ1) is 15.1. The second-order valence-corrected chi connectivity index (χ2v) is 8.27. The summed E-state index contributed by atoms with van der Waals surface area (Å²) in [6.07, 6.45) is 1.51. The minimum atomic E-state index is 0. The minimum Gasteiger partial charge on any atom is -0.370 e. The van der Waals surface area contributed by atoms with Crippen molar-refractivity contribution >= 4 is 41.5 Å². The molecule has 0 spiro atoms. The number of likely N-dealkylation sites (tertiary alicyclic amines) is 1. The summed E-state index contributed by atoms with van der Waals surface area (Å²) < 4.78 is 0. The lowest BCUT2D eigenvalue weighted by Gasteiger charge is -2.28. The third-order valence-corrected chi connectivity index (χ3v) is 5.98. The Bertz CT molecular complexity index is 846. The summed E-state index contributed by atoms with van der Waals surface area (Å²) >= 11 is 0. The van der Waals surface area contributed by atoms with Gasteiger partial charge in [0.25, 0.3) is 0 Å². The quantitative estimate of drug-likeness (QED) is 0.286. The van der Waals surface area contributed by atoms with Crippen molar-refractivity contribution in [1.29, 1.82) is 0 Å². The Balaban J connectivity index is 0.00000363. The summed E-state index contributed by atoms with van der Waals surface area (Å²) in [5.74, 6) is 1.35. The van der Waals surface area contributed by atoms with E-state index in [-0.39, 0.29) is 29.9 Å². The van der Waals surface area contributed by atoms with Gasteiger partial charge in [-0.1, -0.05) is 48.5 Å². The molecule has 7 heteroatoms. The number of carbonyl (C=O) groups excluding carboxylic acids is 1. The average molecular weight is 550 g/mol. The zero-order chi connectivity index (χ0) is 22.1. The zero-order valence-corrected chi connectivity index (χ0v) is 21.7. The molecule has 0 aliphatic carbocycles. The normalized spacial score (nSPS) is 17.0. The Labute approximate surface area is 209 Å². The maximum Gasteiger partial charge on any atom is 0.223 e. The molecular weight excluding hydrogens is 513 g/mol. The first kappa shape index (κ1) is 26.0. The summed E-state index contributed by atoms with van der Waals surface area (Å²) in [5.41, 5.74) is 2.47. The number of benzene rings is 2. The van der Waals surface area contributed by atoms with E-state index >= 15 is 0 Å². The molecule has 0 saturated carbocycles. The molecule has 1 aliphatic rings. The van der Waals surface area contributed by atoms with Gasteiger partial charge in [0.05, 0.1) is 0 Å². The van der Waals surface area contributed by atoms with Crippen molar-refractivity contribution in [3.05, 3.63) is 66.2 Å². The largest absolute Gasteiger partial charge is 0.370 e. The lowest BCUT2D eigenvalue weighted by atomic mass is 10.1. The topological polar surface area (TPSA) is 60.0 Å². The van der Waals surface area contributed by atoms with E-state index in [1.54, 1.807) is 7.05 Å². The van der Waals surface area contributed by atoms with Gasteiger partial charge in [0.15, 0.2) is 5.96 Å². The molecule has 0 bridgehead atoms. The van der Waals surface area contributed by atoms with Crippen molar-refractivity contribution in [3.63, 3.8) is 0 Å². The number of rotatable bonds is 9. The van der Waals surface area contributed by atoms with Gasteiger partial charge in [0.2, 0.25) is 5.91 Å². The molecule has 1 fully saturated rings. The van der Waals surface area contributed by atoms with Crippen LogP contribution in [-0.4, -0.2) is 63.1 Å². The molecule has 32 heavy (non-hydrogen) atoms. The molecule has 1 heterocycles. The van der Waals surface area contributed by atoms with Gasteiger partial charge in [-0.3, -0.25) is 9.79 Å². The number of amides is 1. The molecule has 3 rings (SSSR count). The first-order valence-electron chi connectivity index (χ1n) is 11.1. The molecule has 2 N–H and O–H groups in total. The van der Waals surface area contributed by atoms with E-state index in [0.29, 0.717) is 18.4 Å². The number of likely N-dealkylation sites (N-methyl/N-ethyl adjacent to an activating group) is 1. The second-order valence-electron chi connectivity index (χ2n) is 8.27. The van der Waals surface area contributed by atoms with E-state index in [0.717, 1.165) is 38.6 Å². The van der Waals surface area contributed by atoms with Crippen molar-refractivity contribution in [2.45, 2.75) is 25.8 Å². The highest BCUT2D eigenvalue weighted by Crippen LogP contribution is 2.18. The minimum absolute atomic E-state index is 0. The van der Waals surface area contributed by atoms with Crippen molar-refractivity contribution in [2.75, 3.05) is 45.2 Å². The molecule has 2 aromatic rings. The fourth-order valence-corrected chi connectivity index (χ4v) is 3.88. The molecule has 0 aromatic heterocycles. The zero-order valence-electron chi connectivity index (χ0n) is 19.3. The predicted molar refractivity (Wildman–Crippen MR) is 144 cm³/mol. The van der Waals surface area contributed by atoms with Crippen LogP contribution in [0.3, 0.4) is 0 Å². The molecule has 0 radical (unpaired) electrons. The van der Waals surface area contributed by atoms with E-state index in [1.165, 1.54) is 11.3 Å². The van der Waals surface area contributed by atoms with Crippen LogP contribution in [0, 0.1) is 5.92 Å². The van der Waals surface area contributed by atoms with Crippen LogP contribution in [0.5, 0.6) is 0 Å². The molecular formula is C25H36IN5O. The van der Waals surface area contributed by atoms with Gasteiger partial charge >= 0.3 is 0 Å². The Morgan fingerprint density at radius 2 is 1.78 bits per heavy atom. The lowest BCUT2D eigenvalue weighted by Crippen LogP contribution is -2.46. The highest BCUT2D eigenvalue weighted by Gasteiger charge is 2.29. The summed E-state index contributed by atoms with van der Waals surface area (Å²) in [6, 6.07) is 21.0. The van der Waals surface area contributed by atoms with Crippen molar-refractivity contribution in [3.8, 4) is 0 Å². The number of anilines is 1. The number of carbonyl (C=O) groups is 1. The lowest BCUT2D eigenvalue weighted by molar-refractivity contribution is -0.127. The van der Waals surface area contributed by atoms with Gasteiger partial charge in [-0.05, 0) is 31.0 Å². The van der Waals surface area contributed by atoms with Gasteiger partial charge in [0, 0.05) is 64.3 Å². The third kappa shape index (κ3) is 7.69. The van der Waals surface area contributed by atoms with Crippen molar-refractivity contribution in [1.82, 2.24) is 15.5 Å². The smallest absolute Gasteiger partial charge is 0.223 e. The van der Waals surface area contributed by atoms with Crippen LogP contribution < -0.4 is 15.5 Å². The monoisotopic (exact) mass is 549 g/mol. The predicted octanol–water partition coefficient (Wildman–Crippen LogP) is 3.39. The molecule has 174 valence electrons. The fourth-order valence-electron chi connectivity index (χ4n) is 3.88. The van der Waals surface area contributed by atoms with Crippen molar-refractivity contribution < 1.29 is 4.79 Å². The standard InChI is InChI=1S/C25H35N5O.HI/c1-20(29(3)23-12-8-5-9-13-23)17-27-25(26-2)28-18-22-16-24(31)30(19-22)15-14-21-10-6-4-7-11-21;/h4-13,20,22H,14-19H2,1-3H3,(H2,26,27,28);1H. The van der Waals surface area contributed by atoms with Crippen LogP contribution in [0.25, 0.3) is 0 Å². The molecule has 1 amide bonds. The van der Waals surface area contributed by atoms with Crippen LogP contribution in [0.15, 0.2) is 65.7 Å². The van der Waals surface area contributed by atoms with Crippen LogP contribution in [-0.2, 0) is 11.2 Å². The number of para-hydroxylation sites is 1. The van der Waals surface area contributed by atoms with Gasteiger partial charge in [-0.25, -0.2) is 0 Å². The molecule has 2 unspecified atom stereocenters. The number of halogens is 1. The van der Waals surface area contributed by atoms with Crippen LogP contribution in [0.2, 0.25) is 0 Å². The number of aliphatic imine (C=N–C) groups is 1. The van der Waals surface area contributed by atoms with Gasteiger partial charge in [-0.2, -0.15) is 0 Å². The maximum atomic E-state index is 12.4. The SMILES string of the molecule is CN=C(NCC1CC(=O)N(CCc2ccccc2)C1)NCC(C)N(C)c1ccccc1.I. The Kier molecular flexibility index (Phi) is 10.8. The fraction of sp³-hybridized carbons (Fsp3) is 0.440. The summed E-state index contributed by atoms with van der Waals surface area (Å²) in [6.45, 7) is 5.31. The van der Waals surface area contributed by atoms with E-state index in [9.17, 15) is 4.79 Å². The maximum absolute atomic E-state index is 12.4. The van der Waals surface area contributed by atoms with E-state index in [1.807, 2.05) is 29.2 Å². The Morgan fingerprint density at radius 1 is 1.12 bits per heavy atom. The van der Waals surface area contributed by atoms with E-state index < -0.39 is 0 Å². The number of nitrogens with zero attached hydrogens (tertiary/aromatic N) is 3. The number of guanidine groups is 1. The summed E-state index contributed by atoms with van der Waals surface area (Å²) in [7, 11) is 3.89. The highest BCUT2D eigenvalue weighted by atomic mass is 127. The van der Waals surface area contributed by atoms with Gasteiger partial charge in [-0.15, -0.1) is 24.0 Å². The number of hydrogen-bond donors (Lipinski definition) is 2. The van der Waals surface area contributed by atoms with E-state index in [2.05, 4.69) is 70.9 Å². The van der Waals surface area contributed by atoms with Crippen LogP contribution in [0.4, 0.5) is 5.69 Å². The Hall–Kier alpha value is -2.29. The molecule has 2 atom stereocenters. The van der Waals surface area contributed by atoms with Crippen LogP contribution in [0.1, 0.15) is 18.9 Å².